The van der Waals surface area contributed by atoms with Crippen LogP contribution in [0.3, 0.4) is 0 Å². The van der Waals surface area contributed by atoms with Crippen LogP contribution in [-0.4, -0.2) is 96.7 Å². The van der Waals surface area contributed by atoms with Gasteiger partial charge in [0.2, 0.25) is 0 Å². The number of ether oxygens (including phenoxy) is 4. The van der Waals surface area contributed by atoms with Crippen molar-refractivity contribution in [1.29, 1.82) is 0 Å². The second-order valence-electron chi connectivity index (χ2n) is 23.8. The fourth-order valence-electron chi connectivity index (χ4n) is 9.35. The highest BCUT2D eigenvalue weighted by atomic mass is 31.2. The van der Waals surface area contributed by atoms with E-state index in [1.165, 1.54) is 83.5 Å². The lowest BCUT2D eigenvalue weighted by molar-refractivity contribution is -0.161. The first-order valence-corrected chi connectivity index (χ1v) is 39.1. The first-order chi connectivity index (χ1) is 45.7. The molecular weight excluding hydrogens is 1230 g/mol. The zero-order valence-corrected chi connectivity index (χ0v) is 60.4. The number of hydrogen-bond acceptors (Lipinski definition) is 15. The van der Waals surface area contributed by atoms with Crippen LogP contribution in [-0.2, 0) is 65.4 Å². The van der Waals surface area contributed by atoms with Crippen LogP contribution in [0.5, 0.6) is 0 Å². The molecule has 0 spiro atoms. The van der Waals surface area contributed by atoms with E-state index in [9.17, 15) is 43.2 Å². The van der Waals surface area contributed by atoms with Crippen molar-refractivity contribution in [3.8, 4) is 0 Å². The molecule has 0 radical (unpaired) electrons. The van der Waals surface area contributed by atoms with Gasteiger partial charge in [0.25, 0.3) is 0 Å². The topological polar surface area (TPSA) is 237 Å². The number of hydrogen-bond donors (Lipinski definition) is 3. The van der Waals surface area contributed by atoms with Gasteiger partial charge in [0, 0.05) is 19.3 Å². The summed E-state index contributed by atoms with van der Waals surface area (Å²) in [6.45, 7) is 4.48. The van der Waals surface area contributed by atoms with Gasteiger partial charge in [-0.15, -0.1) is 0 Å². The van der Waals surface area contributed by atoms with Gasteiger partial charge >= 0.3 is 39.5 Å². The minimum absolute atomic E-state index is 0.0957. The van der Waals surface area contributed by atoms with Gasteiger partial charge in [-0.3, -0.25) is 37.3 Å². The molecule has 0 aliphatic rings. The Morgan fingerprint density at radius 1 is 0.319 bits per heavy atom. The average molecular weight is 1360 g/mol. The van der Waals surface area contributed by atoms with Crippen LogP contribution >= 0.6 is 15.6 Å². The molecule has 0 bridgehead atoms. The maximum atomic E-state index is 13.0. The number of esters is 4. The van der Waals surface area contributed by atoms with E-state index in [-0.39, 0.29) is 25.7 Å². The van der Waals surface area contributed by atoms with Gasteiger partial charge in [-0.25, -0.2) is 9.13 Å². The van der Waals surface area contributed by atoms with Crippen molar-refractivity contribution >= 4 is 39.5 Å². The molecule has 0 saturated heterocycles. The van der Waals surface area contributed by atoms with Crippen molar-refractivity contribution in [2.45, 2.75) is 303 Å². The van der Waals surface area contributed by atoms with E-state index in [0.717, 1.165) is 122 Å². The number of aliphatic hydroxyl groups excluding tert-OH is 1. The van der Waals surface area contributed by atoms with Crippen molar-refractivity contribution in [3.05, 3.63) is 109 Å². The molecule has 0 heterocycles. The highest BCUT2D eigenvalue weighted by Crippen LogP contribution is 2.45. The molecule has 94 heavy (non-hydrogen) atoms. The summed E-state index contributed by atoms with van der Waals surface area (Å²) in [6, 6.07) is 0. The normalized spacial score (nSPS) is 14.7. The molecule has 0 aromatic carbocycles. The summed E-state index contributed by atoms with van der Waals surface area (Å²) < 4.78 is 68.1. The Labute approximate surface area is 569 Å². The van der Waals surface area contributed by atoms with Crippen LogP contribution in [0.4, 0.5) is 0 Å². The van der Waals surface area contributed by atoms with Crippen molar-refractivity contribution in [3.63, 3.8) is 0 Å². The van der Waals surface area contributed by atoms with E-state index in [4.69, 9.17) is 37.0 Å². The Bertz CT molecular complexity index is 2220. The first kappa shape index (κ1) is 89.7. The average Bonchev–Trinajstić information content (AvgIpc) is 1.23. The standard InChI is InChI=1S/C75H128O17P2/c1-5-9-13-17-21-25-29-31-33-34-36-37-41-44-48-52-56-60-73(78)86-66-71(92-75(80)62-58-54-50-46-42-38-35-32-30-26-22-18-14-10-6-2)68-90-94(83,84)88-64-69(76)63-87-93(81,82)89-67-70(91-74(79)61-57-53-49-45-40-28-24-20-16-12-8-4)65-85-72(77)59-55-51-47-43-39-27-23-19-15-11-7-3/h9-10,13-14,21-22,25-26,31-33,35-37,42,46,54,58,69-71,76H,5-8,11-12,15-20,23-24,27-30,34,38-41,43-45,47-53,55-57,59-68H2,1-4H3,(H,81,82)(H,83,84)/b13-9-,14-10-,25-21-,26-22-,33-31-,35-32-,37-36-,46-42-,58-54-. The predicted molar refractivity (Wildman–Crippen MR) is 381 cm³/mol. The van der Waals surface area contributed by atoms with Crippen molar-refractivity contribution in [1.82, 2.24) is 0 Å². The number of phosphoric ester groups is 2. The number of unbranched alkanes of at least 4 members (excludes halogenated alkanes) is 24. The molecule has 0 aromatic rings. The SMILES string of the molecule is CC/C=C\C/C=C\C/C=C\C/C=C\C/C=C\CC(=O)OC(COC(=O)CCCCCC/C=C\C/C=C\C/C=C\C/C=C\CC)COP(=O)(O)OCC(O)COP(=O)(O)OCC(COC(=O)CCCCCCCCCCCCC)OC(=O)CCCCCCCCCCCCC. The van der Waals surface area contributed by atoms with Crippen LogP contribution in [0.15, 0.2) is 109 Å². The van der Waals surface area contributed by atoms with Gasteiger partial charge in [0.05, 0.1) is 32.8 Å². The number of allylic oxidation sites excluding steroid dienone is 17. The minimum Gasteiger partial charge on any atom is -0.462 e. The van der Waals surface area contributed by atoms with E-state index in [1.54, 1.807) is 12.2 Å². The fourth-order valence-corrected chi connectivity index (χ4v) is 10.9. The van der Waals surface area contributed by atoms with Crippen molar-refractivity contribution in [2.75, 3.05) is 39.6 Å². The zero-order chi connectivity index (χ0) is 69.0. The summed E-state index contributed by atoms with van der Waals surface area (Å²) >= 11 is 0. The van der Waals surface area contributed by atoms with Gasteiger partial charge in [-0.05, 0) is 89.9 Å². The quantitative estimate of drug-likeness (QED) is 0.0169. The maximum absolute atomic E-state index is 13.0. The predicted octanol–water partition coefficient (Wildman–Crippen LogP) is 20.2. The fraction of sp³-hybridized carbons (Fsp3) is 0.707. The minimum atomic E-state index is -5.00. The number of aliphatic hydroxyl groups is 1. The van der Waals surface area contributed by atoms with E-state index in [1.807, 2.05) is 12.2 Å². The molecule has 5 atom stereocenters. The summed E-state index contributed by atoms with van der Waals surface area (Å²) in [5.74, 6) is -2.34. The van der Waals surface area contributed by atoms with Crippen LogP contribution in [0.25, 0.3) is 0 Å². The highest BCUT2D eigenvalue weighted by molar-refractivity contribution is 7.47. The lowest BCUT2D eigenvalue weighted by Crippen LogP contribution is -2.30. The molecule has 0 aromatic heterocycles. The van der Waals surface area contributed by atoms with E-state index in [0.29, 0.717) is 25.7 Å². The van der Waals surface area contributed by atoms with Crippen LogP contribution in [0.2, 0.25) is 0 Å². The number of phosphoric acid groups is 2. The molecule has 0 aliphatic carbocycles. The van der Waals surface area contributed by atoms with E-state index >= 15 is 0 Å². The largest absolute Gasteiger partial charge is 0.472 e. The first-order valence-electron chi connectivity index (χ1n) is 36.1. The Hall–Kier alpha value is -4.28. The molecule has 0 aliphatic heterocycles. The third-order valence-electron chi connectivity index (χ3n) is 14.8. The monoisotopic (exact) mass is 1360 g/mol. The Morgan fingerprint density at radius 3 is 0.947 bits per heavy atom. The summed E-state index contributed by atoms with van der Waals surface area (Å²) in [4.78, 5) is 72.5. The Morgan fingerprint density at radius 2 is 0.596 bits per heavy atom. The lowest BCUT2D eigenvalue weighted by Gasteiger charge is -2.21. The smallest absolute Gasteiger partial charge is 0.462 e. The maximum Gasteiger partial charge on any atom is 0.472 e. The number of carbonyl (C=O) groups is 4. The molecule has 5 unspecified atom stereocenters. The van der Waals surface area contributed by atoms with Gasteiger partial charge < -0.3 is 33.8 Å². The number of rotatable bonds is 67. The zero-order valence-electron chi connectivity index (χ0n) is 58.6. The second-order valence-corrected chi connectivity index (χ2v) is 26.7. The number of carbonyl (C=O) groups excluding carboxylic acids is 4. The molecule has 0 fully saturated rings. The Kier molecular flexibility index (Phi) is 64.2. The molecule has 17 nitrogen and oxygen atoms in total. The van der Waals surface area contributed by atoms with Gasteiger partial charge in [0.1, 0.15) is 19.3 Å². The third kappa shape index (κ3) is 66.3. The van der Waals surface area contributed by atoms with E-state index < -0.39 is 97.5 Å². The van der Waals surface area contributed by atoms with E-state index in [2.05, 4.69) is 113 Å². The summed E-state index contributed by atoms with van der Waals surface area (Å²) in [7, 11) is -9.97. The van der Waals surface area contributed by atoms with Crippen LogP contribution < -0.4 is 0 Å². The Balaban J connectivity index is 5.41. The molecule has 0 amide bonds. The summed E-state index contributed by atoms with van der Waals surface area (Å²) in [6.07, 6.45) is 69.9. The lowest BCUT2D eigenvalue weighted by atomic mass is 10.1. The van der Waals surface area contributed by atoms with Crippen LogP contribution in [0, 0.1) is 0 Å². The van der Waals surface area contributed by atoms with Crippen molar-refractivity contribution < 1.29 is 80.2 Å². The molecule has 540 valence electrons. The van der Waals surface area contributed by atoms with Gasteiger partial charge in [-0.2, -0.15) is 0 Å². The third-order valence-corrected chi connectivity index (χ3v) is 16.7. The molecule has 0 rings (SSSR count). The molecule has 3 N–H and O–H groups in total. The molecule has 0 saturated carbocycles. The summed E-state index contributed by atoms with van der Waals surface area (Å²) in [5.41, 5.74) is 0. The van der Waals surface area contributed by atoms with Gasteiger partial charge in [-0.1, -0.05) is 278 Å². The molecule has 19 heteroatoms. The molecular formula is C75H128O17P2. The van der Waals surface area contributed by atoms with Crippen molar-refractivity contribution in [2.24, 2.45) is 0 Å². The van der Waals surface area contributed by atoms with Crippen LogP contribution in [0.1, 0.15) is 285 Å². The second kappa shape index (κ2) is 67.3. The highest BCUT2D eigenvalue weighted by Gasteiger charge is 2.30. The summed E-state index contributed by atoms with van der Waals surface area (Å²) in [5, 5.41) is 10.6. The van der Waals surface area contributed by atoms with Gasteiger partial charge in [0.15, 0.2) is 12.2 Å².